The van der Waals surface area contributed by atoms with Gasteiger partial charge in [0.15, 0.2) is 5.13 Å². The van der Waals surface area contributed by atoms with Gasteiger partial charge in [0, 0.05) is 13.1 Å². The number of aryl methyl sites for hydroxylation is 2. The summed E-state index contributed by atoms with van der Waals surface area (Å²) in [7, 11) is 0. The van der Waals surface area contributed by atoms with Gasteiger partial charge in [-0.1, -0.05) is 31.3 Å². The Morgan fingerprint density at radius 2 is 1.93 bits per heavy atom. The second-order valence-electron chi connectivity index (χ2n) is 6.61. The van der Waals surface area contributed by atoms with E-state index in [-0.39, 0.29) is 24.1 Å². The predicted molar refractivity (Wildman–Crippen MR) is 109 cm³/mol. The third kappa shape index (κ3) is 4.96. The molecule has 0 bridgehead atoms. The standard InChI is InChI=1S/C20H27N3O3S.ClH/c1-5-22(6-2)7-8-23(19(24)17-13-25-9-10-26-17)20-21-16-12-14(3)11-15(4)18(16)27-20;/h11-13H,5-10H2,1-4H3;1H/p-1. The van der Waals surface area contributed by atoms with Gasteiger partial charge in [-0.3, -0.25) is 9.69 Å². The number of rotatable bonds is 7. The van der Waals surface area contributed by atoms with Crippen LogP contribution >= 0.6 is 11.3 Å². The van der Waals surface area contributed by atoms with E-state index in [1.54, 1.807) is 16.2 Å². The number of likely N-dealkylation sites (N-methyl/N-ethyl adjacent to an activating group) is 1. The molecule has 0 saturated carbocycles. The van der Waals surface area contributed by atoms with Gasteiger partial charge in [0.25, 0.3) is 5.91 Å². The van der Waals surface area contributed by atoms with E-state index < -0.39 is 0 Å². The zero-order valence-electron chi connectivity index (χ0n) is 16.8. The summed E-state index contributed by atoms with van der Waals surface area (Å²) in [5.74, 6) is 0.0447. The third-order valence-electron chi connectivity index (χ3n) is 4.68. The van der Waals surface area contributed by atoms with Crippen molar-refractivity contribution in [3.05, 3.63) is 35.3 Å². The van der Waals surface area contributed by atoms with Gasteiger partial charge in [0.2, 0.25) is 5.76 Å². The molecule has 1 amide bonds. The fourth-order valence-electron chi connectivity index (χ4n) is 3.16. The molecule has 28 heavy (non-hydrogen) atoms. The molecule has 6 nitrogen and oxygen atoms in total. The van der Waals surface area contributed by atoms with Crippen LogP contribution in [-0.2, 0) is 14.3 Å². The lowest BCUT2D eigenvalue weighted by molar-refractivity contribution is -0.119. The number of amides is 1. The number of hydrogen-bond donors (Lipinski definition) is 0. The van der Waals surface area contributed by atoms with Crippen LogP contribution in [0.25, 0.3) is 10.2 Å². The summed E-state index contributed by atoms with van der Waals surface area (Å²) in [5.41, 5.74) is 3.29. The molecule has 0 unspecified atom stereocenters. The summed E-state index contributed by atoms with van der Waals surface area (Å²) in [6, 6.07) is 4.21. The van der Waals surface area contributed by atoms with Gasteiger partial charge < -0.3 is 26.8 Å². The molecular weight excluding hydrogens is 398 g/mol. The van der Waals surface area contributed by atoms with E-state index in [2.05, 4.69) is 44.7 Å². The number of aromatic nitrogens is 1. The van der Waals surface area contributed by atoms with Crippen LogP contribution in [0.3, 0.4) is 0 Å². The van der Waals surface area contributed by atoms with Crippen LogP contribution in [0.5, 0.6) is 0 Å². The molecule has 1 aromatic heterocycles. The molecule has 8 heteroatoms. The number of halogens is 1. The van der Waals surface area contributed by atoms with Crippen LogP contribution in [0.4, 0.5) is 5.13 Å². The molecule has 1 aromatic carbocycles. The molecule has 154 valence electrons. The van der Waals surface area contributed by atoms with Crippen molar-refractivity contribution in [2.75, 3.05) is 44.3 Å². The van der Waals surface area contributed by atoms with Crippen LogP contribution in [0.2, 0.25) is 0 Å². The molecule has 1 aliphatic heterocycles. The highest BCUT2D eigenvalue weighted by atomic mass is 35.5. The van der Waals surface area contributed by atoms with E-state index in [9.17, 15) is 4.79 Å². The maximum absolute atomic E-state index is 13.1. The Bertz CT molecular complexity index is 849. The van der Waals surface area contributed by atoms with Crippen molar-refractivity contribution in [1.82, 2.24) is 9.88 Å². The lowest BCUT2D eigenvalue weighted by Gasteiger charge is -2.26. The number of ether oxygens (including phenoxy) is 2. The van der Waals surface area contributed by atoms with Crippen molar-refractivity contribution >= 4 is 32.6 Å². The summed E-state index contributed by atoms with van der Waals surface area (Å²) in [5, 5.41) is 0.700. The van der Waals surface area contributed by atoms with Gasteiger partial charge in [-0.15, -0.1) is 0 Å². The average molecular weight is 425 g/mol. The van der Waals surface area contributed by atoms with Crippen molar-refractivity contribution in [2.45, 2.75) is 27.7 Å². The van der Waals surface area contributed by atoms with Crippen molar-refractivity contribution in [1.29, 1.82) is 0 Å². The number of carbonyl (C=O) groups excluding carboxylic acids is 1. The molecule has 0 N–H and O–H groups in total. The highest BCUT2D eigenvalue weighted by Gasteiger charge is 2.26. The minimum absolute atomic E-state index is 0. The minimum Gasteiger partial charge on any atom is -1.00 e. The number of fused-ring (bicyclic) bond motifs is 1. The van der Waals surface area contributed by atoms with Crippen molar-refractivity contribution in [3.8, 4) is 0 Å². The van der Waals surface area contributed by atoms with Gasteiger partial charge >= 0.3 is 0 Å². The van der Waals surface area contributed by atoms with E-state index in [0.717, 1.165) is 29.9 Å². The van der Waals surface area contributed by atoms with Gasteiger partial charge in [-0.25, -0.2) is 4.98 Å². The Hall–Kier alpha value is -1.83. The number of nitrogens with zero attached hydrogens (tertiary/aromatic N) is 3. The first-order valence-electron chi connectivity index (χ1n) is 9.40. The van der Waals surface area contributed by atoms with Gasteiger partial charge in [-0.05, 0) is 44.1 Å². The Morgan fingerprint density at radius 3 is 2.57 bits per heavy atom. The average Bonchev–Trinajstić information content (AvgIpc) is 3.09. The topological polar surface area (TPSA) is 54.9 Å². The third-order valence-corrected chi connectivity index (χ3v) is 5.91. The molecule has 1 aliphatic rings. The van der Waals surface area contributed by atoms with E-state index in [4.69, 9.17) is 14.5 Å². The van der Waals surface area contributed by atoms with Gasteiger partial charge in [0.1, 0.15) is 19.5 Å². The summed E-state index contributed by atoms with van der Waals surface area (Å²) in [6.07, 6.45) is 1.42. The minimum atomic E-state index is -0.199. The molecule has 0 saturated heterocycles. The van der Waals surface area contributed by atoms with Gasteiger partial charge in [0.05, 0.1) is 10.2 Å². The largest absolute Gasteiger partial charge is 1.00 e. The molecular formula is C20H27ClN3O3S-. The lowest BCUT2D eigenvalue weighted by atomic mass is 10.1. The second kappa shape index (κ2) is 10.1. The number of carbonyl (C=O) groups is 1. The number of thiazole rings is 1. The van der Waals surface area contributed by atoms with Crippen LogP contribution < -0.4 is 17.3 Å². The van der Waals surface area contributed by atoms with Crippen LogP contribution in [0.1, 0.15) is 25.0 Å². The van der Waals surface area contributed by atoms with Gasteiger partial charge in [-0.2, -0.15) is 0 Å². The van der Waals surface area contributed by atoms with Crippen LogP contribution in [0, 0.1) is 13.8 Å². The fraction of sp³-hybridized carbons (Fsp3) is 0.500. The first-order chi connectivity index (χ1) is 13.0. The number of anilines is 1. The quantitative estimate of drug-likeness (QED) is 0.647. The summed E-state index contributed by atoms with van der Waals surface area (Å²) in [6.45, 7) is 12.5. The predicted octanol–water partition coefficient (Wildman–Crippen LogP) is 0.480. The van der Waals surface area contributed by atoms with Crippen LogP contribution in [0.15, 0.2) is 24.2 Å². The first kappa shape index (κ1) is 22.5. The monoisotopic (exact) mass is 424 g/mol. The molecule has 0 atom stereocenters. The molecule has 0 radical (unpaired) electrons. The van der Waals surface area contributed by atoms with E-state index in [0.29, 0.717) is 24.9 Å². The number of hydrogen-bond acceptors (Lipinski definition) is 6. The summed E-state index contributed by atoms with van der Waals surface area (Å²) >= 11 is 1.55. The normalized spacial score (nSPS) is 13.5. The molecule has 2 aromatic rings. The zero-order chi connectivity index (χ0) is 19.4. The van der Waals surface area contributed by atoms with Crippen molar-refractivity contribution in [2.24, 2.45) is 0 Å². The molecule has 0 spiro atoms. The molecule has 0 fully saturated rings. The smallest absolute Gasteiger partial charge is 0.298 e. The van der Waals surface area contributed by atoms with Crippen molar-refractivity contribution in [3.63, 3.8) is 0 Å². The SMILES string of the molecule is CCN(CC)CCN(C(=O)C1=COCCO1)c1nc2cc(C)cc(C)c2s1.[Cl-]. The molecule has 3 rings (SSSR count). The molecule has 2 heterocycles. The Labute approximate surface area is 176 Å². The van der Waals surface area contributed by atoms with E-state index in [1.807, 2.05) is 0 Å². The van der Waals surface area contributed by atoms with Crippen LogP contribution in [-0.4, -0.2) is 55.2 Å². The Balaban J connectivity index is 0.00000280. The second-order valence-corrected chi connectivity index (χ2v) is 7.59. The first-order valence-corrected chi connectivity index (χ1v) is 10.2. The molecule has 0 aliphatic carbocycles. The summed E-state index contributed by atoms with van der Waals surface area (Å²) < 4.78 is 11.9. The Kier molecular flexibility index (Phi) is 8.10. The zero-order valence-corrected chi connectivity index (χ0v) is 18.4. The summed E-state index contributed by atoms with van der Waals surface area (Å²) in [4.78, 5) is 21.9. The van der Waals surface area contributed by atoms with Crippen molar-refractivity contribution < 1.29 is 26.7 Å². The van der Waals surface area contributed by atoms with E-state index >= 15 is 0 Å². The highest BCUT2D eigenvalue weighted by molar-refractivity contribution is 7.22. The maximum atomic E-state index is 13.1. The number of benzene rings is 1. The lowest BCUT2D eigenvalue weighted by Crippen LogP contribution is -3.00. The Morgan fingerprint density at radius 1 is 1.18 bits per heavy atom. The maximum Gasteiger partial charge on any atom is 0.298 e. The van der Waals surface area contributed by atoms with E-state index in [1.165, 1.54) is 17.4 Å². The highest BCUT2D eigenvalue weighted by Crippen LogP contribution is 2.33. The fourth-order valence-corrected chi connectivity index (χ4v) is 4.20.